The summed E-state index contributed by atoms with van der Waals surface area (Å²) in [5, 5.41) is 1.30. The highest BCUT2D eigenvalue weighted by Gasteiger charge is 2.22. The van der Waals surface area contributed by atoms with Crippen molar-refractivity contribution >= 4 is 23.4 Å². The Morgan fingerprint density at radius 3 is 3.00 bits per heavy atom. The maximum Gasteiger partial charge on any atom is 0.340 e. The average molecular weight is 280 g/mol. The largest absolute Gasteiger partial charge is 0.465 e. The molecule has 1 fully saturated rings. The molecule has 2 rings (SSSR count). The fraction of sp³-hybridized carbons (Fsp3) is 0.571. The van der Waals surface area contributed by atoms with Crippen molar-refractivity contribution in [3.8, 4) is 0 Å². The van der Waals surface area contributed by atoms with E-state index in [4.69, 9.17) is 10.5 Å². The summed E-state index contributed by atoms with van der Waals surface area (Å²) in [4.78, 5) is 15.9. The Hall–Kier alpha value is -1.23. The van der Waals surface area contributed by atoms with E-state index < -0.39 is 5.97 Å². The predicted octanol–water partition coefficient (Wildman–Crippen LogP) is 3.12. The maximum atomic E-state index is 11.6. The van der Waals surface area contributed by atoms with Crippen LogP contribution in [0.25, 0.3) is 0 Å². The normalized spacial score (nSPS) is 23.1. The number of carbonyl (C=O) groups is 1. The first-order valence-corrected chi connectivity index (χ1v) is 7.49. The van der Waals surface area contributed by atoms with Gasteiger partial charge in [0.2, 0.25) is 0 Å². The van der Waals surface area contributed by atoms with Crippen LogP contribution in [0.4, 0.5) is 5.69 Å². The van der Waals surface area contributed by atoms with E-state index in [9.17, 15) is 4.79 Å². The van der Waals surface area contributed by atoms with Crippen LogP contribution in [0, 0.1) is 5.92 Å². The average Bonchev–Trinajstić information content (AvgIpc) is 2.40. The van der Waals surface area contributed by atoms with E-state index in [0.717, 1.165) is 10.9 Å². The monoisotopic (exact) mass is 280 g/mol. The molecular weight excluding hydrogens is 260 g/mol. The first kappa shape index (κ1) is 14.2. The molecule has 0 aliphatic heterocycles. The maximum absolute atomic E-state index is 11.6. The molecule has 0 saturated heterocycles. The van der Waals surface area contributed by atoms with Gasteiger partial charge >= 0.3 is 5.97 Å². The lowest BCUT2D eigenvalue weighted by molar-refractivity contribution is 0.0601. The number of anilines is 1. The van der Waals surface area contributed by atoms with Crippen molar-refractivity contribution in [2.45, 2.75) is 42.9 Å². The summed E-state index contributed by atoms with van der Waals surface area (Å²) < 4.78 is 4.72. The predicted molar refractivity (Wildman–Crippen MR) is 77.3 cm³/mol. The summed E-state index contributed by atoms with van der Waals surface area (Å²) in [6.07, 6.45) is 6.57. The van der Waals surface area contributed by atoms with Crippen molar-refractivity contribution in [1.29, 1.82) is 0 Å². The summed E-state index contributed by atoms with van der Waals surface area (Å²) in [6, 6.07) is 1.61. The summed E-state index contributed by atoms with van der Waals surface area (Å²) in [5.74, 6) is 0.357. The van der Waals surface area contributed by atoms with E-state index in [1.165, 1.54) is 32.8 Å². The highest BCUT2D eigenvalue weighted by Crippen LogP contribution is 2.37. The summed E-state index contributed by atoms with van der Waals surface area (Å²) in [6.45, 7) is 2.29. The minimum absolute atomic E-state index is 0.404. The van der Waals surface area contributed by atoms with Gasteiger partial charge in [0.1, 0.15) is 5.03 Å². The smallest absolute Gasteiger partial charge is 0.340 e. The second kappa shape index (κ2) is 6.28. The number of carbonyl (C=O) groups excluding carboxylic acids is 1. The van der Waals surface area contributed by atoms with E-state index in [-0.39, 0.29) is 0 Å². The molecule has 1 saturated carbocycles. The van der Waals surface area contributed by atoms with Gasteiger partial charge in [0.15, 0.2) is 0 Å². The van der Waals surface area contributed by atoms with Gasteiger partial charge in [0, 0.05) is 11.4 Å². The Labute approximate surface area is 118 Å². The summed E-state index contributed by atoms with van der Waals surface area (Å²) in [7, 11) is 1.36. The fourth-order valence-electron chi connectivity index (χ4n) is 2.48. The van der Waals surface area contributed by atoms with Crippen LogP contribution in [-0.4, -0.2) is 23.3 Å². The SMILES string of the molecule is COC(=O)c1ccnc(SC2CCCC(C)C2)c1N. The number of nitrogen functional groups attached to an aromatic ring is 1. The molecule has 1 aliphatic rings. The lowest BCUT2D eigenvalue weighted by Gasteiger charge is -2.26. The molecule has 1 heterocycles. The van der Waals surface area contributed by atoms with Crippen molar-refractivity contribution in [3.63, 3.8) is 0 Å². The van der Waals surface area contributed by atoms with Crippen LogP contribution in [0.3, 0.4) is 0 Å². The van der Waals surface area contributed by atoms with Gasteiger partial charge in [-0.25, -0.2) is 9.78 Å². The highest BCUT2D eigenvalue weighted by atomic mass is 32.2. The Kier molecular flexibility index (Phi) is 4.69. The van der Waals surface area contributed by atoms with E-state index >= 15 is 0 Å². The molecule has 0 aromatic carbocycles. The standard InChI is InChI=1S/C14H20N2O2S/c1-9-4-3-5-10(8-9)19-13-12(15)11(6-7-16-13)14(17)18-2/h6-7,9-10H,3-5,8,15H2,1-2H3. The van der Waals surface area contributed by atoms with Gasteiger partial charge in [-0.3, -0.25) is 0 Å². The number of ether oxygens (including phenoxy) is 1. The van der Waals surface area contributed by atoms with Gasteiger partial charge < -0.3 is 10.5 Å². The summed E-state index contributed by atoms with van der Waals surface area (Å²) >= 11 is 1.69. The van der Waals surface area contributed by atoms with Crippen LogP contribution >= 0.6 is 11.8 Å². The van der Waals surface area contributed by atoms with Gasteiger partial charge in [-0.15, -0.1) is 11.8 Å². The van der Waals surface area contributed by atoms with Crippen LogP contribution in [0.1, 0.15) is 43.0 Å². The molecule has 0 amide bonds. The van der Waals surface area contributed by atoms with Crippen molar-refractivity contribution in [1.82, 2.24) is 4.98 Å². The number of rotatable bonds is 3. The number of aromatic nitrogens is 1. The zero-order valence-electron chi connectivity index (χ0n) is 11.4. The molecule has 0 bridgehead atoms. The molecule has 2 atom stereocenters. The first-order valence-electron chi connectivity index (χ1n) is 6.61. The van der Waals surface area contributed by atoms with E-state index in [1.807, 2.05) is 0 Å². The molecule has 104 valence electrons. The van der Waals surface area contributed by atoms with Gasteiger partial charge in [0.05, 0.1) is 18.4 Å². The number of pyridine rings is 1. The van der Waals surface area contributed by atoms with Crippen molar-refractivity contribution in [2.75, 3.05) is 12.8 Å². The van der Waals surface area contributed by atoms with E-state index in [1.54, 1.807) is 24.0 Å². The van der Waals surface area contributed by atoms with Gasteiger partial charge in [0.25, 0.3) is 0 Å². The number of hydrogen-bond acceptors (Lipinski definition) is 5. The second-order valence-electron chi connectivity index (χ2n) is 5.08. The molecule has 5 heteroatoms. The molecule has 0 spiro atoms. The molecular formula is C14H20N2O2S. The zero-order chi connectivity index (χ0) is 13.8. The quantitative estimate of drug-likeness (QED) is 0.862. The minimum Gasteiger partial charge on any atom is -0.465 e. The zero-order valence-corrected chi connectivity index (χ0v) is 12.2. The number of hydrogen-bond donors (Lipinski definition) is 1. The van der Waals surface area contributed by atoms with Crippen molar-refractivity contribution in [3.05, 3.63) is 17.8 Å². The van der Waals surface area contributed by atoms with Crippen molar-refractivity contribution in [2.24, 2.45) is 5.92 Å². The highest BCUT2D eigenvalue weighted by molar-refractivity contribution is 8.00. The Morgan fingerprint density at radius 2 is 2.32 bits per heavy atom. The Balaban J connectivity index is 2.14. The molecule has 1 aliphatic carbocycles. The van der Waals surface area contributed by atoms with Gasteiger partial charge in [-0.2, -0.15) is 0 Å². The van der Waals surface area contributed by atoms with Gasteiger partial charge in [-0.1, -0.05) is 19.8 Å². The number of nitrogens with zero attached hydrogens (tertiary/aromatic N) is 1. The molecule has 2 unspecified atom stereocenters. The topological polar surface area (TPSA) is 65.2 Å². The third kappa shape index (κ3) is 3.41. The third-order valence-electron chi connectivity index (χ3n) is 3.53. The lowest BCUT2D eigenvalue weighted by Crippen LogP contribution is -2.16. The molecule has 2 N–H and O–H groups in total. The lowest BCUT2D eigenvalue weighted by atomic mass is 9.91. The number of nitrogens with two attached hydrogens (primary N) is 1. The molecule has 1 aromatic rings. The van der Waals surface area contributed by atoms with Crippen LogP contribution in [-0.2, 0) is 4.74 Å². The fourth-order valence-corrected chi connectivity index (χ4v) is 3.86. The first-order chi connectivity index (χ1) is 9.11. The van der Waals surface area contributed by atoms with Crippen LogP contribution in [0.5, 0.6) is 0 Å². The number of thioether (sulfide) groups is 1. The Bertz CT molecular complexity index is 465. The second-order valence-corrected chi connectivity index (χ2v) is 6.37. The molecule has 19 heavy (non-hydrogen) atoms. The van der Waals surface area contributed by atoms with Crippen LogP contribution in [0.2, 0.25) is 0 Å². The summed E-state index contributed by atoms with van der Waals surface area (Å²) in [5.41, 5.74) is 6.88. The minimum atomic E-state index is -0.404. The molecule has 1 aromatic heterocycles. The van der Waals surface area contributed by atoms with Crippen LogP contribution < -0.4 is 5.73 Å². The van der Waals surface area contributed by atoms with E-state index in [2.05, 4.69) is 11.9 Å². The molecule has 0 radical (unpaired) electrons. The Morgan fingerprint density at radius 1 is 1.53 bits per heavy atom. The van der Waals surface area contributed by atoms with Crippen LogP contribution in [0.15, 0.2) is 17.3 Å². The van der Waals surface area contributed by atoms with Crippen molar-refractivity contribution < 1.29 is 9.53 Å². The number of methoxy groups -OCH3 is 1. The molecule has 4 nitrogen and oxygen atoms in total. The van der Waals surface area contributed by atoms with Gasteiger partial charge in [-0.05, 0) is 24.8 Å². The van der Waals surface area contributed by atoms with E-state index in [0.29, 0.717) is 16.5 Å². The number of esters is 1. The third-order valence-corrected chi connectivity index (χ3v) is 4.84.